The molecule has 0 aliphatic carbocycles. The minimum absolute atomic E-state index is 0.161. The van der Waals surface area contributed by atoms with Crippen LogP contribution in [0.3, 0.4) is 0 Å². The van der Waals surface area contributed by atoms with E-state index in [4.69, 9.17) is 21.1 Å². The third-order valence-electron chi connectivity index (χ3n) is 3.95. The van der Waals surface area contributed by atoms with Crippen molar-refractivity contribution in [1.29, 1.82) is 0 Å². The van der Waals surface area contributed by atoms with Gasteiger partial charge in [0.05, 0.1) is 20.8 Å². The van der Waals surface area contributed by atoms with Crippen LogP contribution in [-0.2, 0) is 11.3 Å². The SMILES string of the molecule is COc1ccc(OC)c(C=C2NC(=O)N(Cc3ccc(Cl)cc3)C2=O)c1. The summed E-state index contributed by atoms with van der Waals surface area (Å²) in [6, 6.07) is 11.7. The molecule has 1 fully saturated rings. The third kappa shape index (κ3) is 3.65. The summed E-state index contributed by atoms with van der Waals surface area (Å²) in [5.74, 6) is 0.777. The molecule has 0 saturated carbocycles. The first-order valence-electron chi connectivity index (χ1n) is 7.83. The van der Waals surface area contributed by atoms with Crippen molar-refractivity contribution in [2.24, 2.45) is 0 Å². The first-order valence-corrected chi connectivity index (χ1v) is 8.20. The van der Waals surface area contributed by atoms with Gasteiger partial charge in [-0.2, -0.15) is 0 Å². The lowest BCUT2D eigenvalue weighted by Crippen LogP contribution is -2.30. The number of amides is 3. The highest BCUT2D eigenvalue weighted by Crippen LogP contribution is 2.27. The van der Waals surface area contributed by atoms with E-state index in [1.165, 1.54) is 7.11 Å². The number of methoxy groups -OCH3 is 2. The number of ether oxygens (including phenoxy) is 2. The predicted molar refractivity (Wildman–Crippen MR) is 98.1 cm³/mol. The Morgan fingerprint density at radius 1 is 1.08 bits per heavy atom. The molecule has 1 heterocycles. The highest BCUT2D eigenvalue weighted by Gasteiger charge is 2.33. The molecule has 0 aromatic heterocycles. The van der Waals surface area contributed by atoms with E-state index < -0.39 is 11.9 Å². The van der Waals surface area contributed by atoms with Gasteiger partial charge in [0.25, 0.3) is 5.91 Å². The van der Waals surface area contributed by atoms with Crippen molar-refractivity contribution in [1.82, 2.24) is 10.2 Å². The predicted octanol–water partition coefficient (Wildman–Crippen LogP) is 3.45. The molecule has 26 heavy (non-hydrogen) atoms. The number of benzene rings is 2. The van der Waals surface area contributed by atoms with Crippen LogP contribution in [0.2, 0.25) is 5.02 Å². The van der Waals surface area contributed by atoms with Crippen molar-refractivity contribution in [2.75, 3.05) is 14.2 Å². The first kappa shape index (κ1) is 17.8. The Bertz CT molecular complexity index is 878. The molecule has 2 aromatic carbocycles. The smallest absolute Gasteiger partial charge is 0.329 e. The number of urea groups is 1. The van der Waals surface area contributed by atoms with E-state index >= 15 is 0 Å². The summed E-state index contributed by atoms with van der Waals surface area (Å²) in [5.41, 5.74) is 1.61. The van der Waals surface area contributed by atoms with Crippen molar-refractivity contribution >= 4 is 29.6 Å². The second kappa shape index (κ2) is 7.49. The highest BCUT2D eigenvalue weighted by molar-refractivity contribution is 6.30. The van der Waals surface area contributed by atoms with Crippen molar-refractivity contribution in [3.8, 4) is 11.5 Å². The second-order valence-corrected chi connectivity index (χ2v) is 6.05. The van der Waals surface area contributed by atoms with Crippen molar-refractivity contribution in [2.45, 2.75) is 6.54 Å². The fourth-order valence-electron chi connectivity index (χ4n) is 2.60. The monoisotopic (exact) mass is 372 g/mol. The minimum Gasteiger partial charge on any atom is -0.497 e. The van der Waals surface area contributed by atoms with Crippen LogP contribution in [0.25, 0.3) is 6.08 Å². The van der Waals surface area contributed by atoms with E-state index in [0.29, 0.717) is 22.1 Å². The largest absolute Gasteiger partial charge is 0.497 e. The van der Waals surface area contributed by atoms with Crippen LogP contribution in [-0.4, -0.2) is 31.1 Å². The Labute approximate surface area is 156 Å². The van der Waals surface area contributed by atoms with Crippen molar-refractivity contribution in [3.05, 3.63) is 64.3 Å². The number of carbonyl (C=O) groups is 2. The topological polar surface area (TPSA) is 67.9 Å². The van der Waals surface area contributed by atoms with Gasteiger partial charge in [0.2, 0.25) is 0 Å². The molecule has 0 spiro atoms. The van der Waals surface area contributed by atoms with Crippen LogP contribution >= 0.6 is 11.6 Å². The molecule has 7 heteroatoms. The summed E-state index contributed by atoms with van der Waals surface area (Å²) < 4.78 is 10.5. The molecule has 6 nitrogen and oxygen atoms in total. The molecule has 1 N–H and O–H groups in total. The molecular formula is C19H17ClN2O4. The first-order chi connectivity index (χ1) is 12.5. The van der Waals surface area contributed by atoms with E-state index in [1.807, 2.05) is 0 Å². The summed E-state index contributed by atoms with van der Waals surface area (Å²) in [5, 5.41) is 3.19. The number of nitrogens with one attached hydrogen (secondary N) is 1. The van der Waals surface area contributed by atoms with E-state index in [2.05, 4.69) is 5.32 Å². The number of imide groups is 1. The van der Waals surface area contributed by atoms with Crippen LogP contribution in [0.1, 0.15) is 11.1 Å². The number of hydrogen-bond acceptors (Lipinski definition) is 4. The summed E-state index contributed by atoms with van der Waals surface area (Å²) in [6.45, 7) is 0.161. The van der Waals surface area contributed by atoms with E-state index in [-0.39, 0.29) is 12.2 Å². The Hall–Kier alpha value is -2.99. The Morgan fingerprint density at radius 2 is 1.81 bits per heavy atom. The zero-order valence-corrected chi connectivity index (χ0v) is 15.0. The zero-order valence-electron chi connectivity index (χ0n) is 14.3. The molecular weight excluding hydrogens is 356 g/mol. The molecule has 0 radical (unpaired) electrons. The lowest BCUT2D eigenvalue weighted by molar-refractivity contribution is -0.123. The Kier molecular flexibility index (Phi) is 5.14. The Balaban J connectivity index is 1.86. The van der Waals surface area contributed by atoms with Gasteiger partial charge in [-0.25, -0.2) is 4.79 Å². The van der Waals surface area contributed by atoms with Gasteiger partial charge in [-0.1, -0.05) is 23.7 Å². The van der Waals surface area contributed by atoms with Gasteiger partial charge >= 0.3 is 6.03 Å². The molecule has 1 saturated heterocycles. The maximum absolute atomic E-state index is 12.6. The van der Waals surface area contributed by atoms with Gasteiger partial charge in [-0.15, -0.1) is 0 Å². The third-order valence-corrected chi connectivity index (χ3v) is 4.20. The minimum atomic E-state index is -0.474. The molecule has 3 amide bonds. The maximum Gasteiger partial charge on any atom is 0.329 e. The van der Waals surface area contributed by atoms with E-state index in [1.54, 1.807) is 55.7 Å². The standard InChI is InChI=1S/C19H17ClN2O4/c1-25-15-7-8-17(26-2)13(9-15)10-16-18(23)22(19(24)21-16)11-12-3-5-14(20)6-4-12/h3-10H,11H2,1-2H3,(H,21,24). The van der Waals surface area contributed by atoms with Crippen LogP contribution < -0.4 is 14.8 Å². The molecule has 2 aromatic rings. The van der Waals surface area contributed by atoms with Crippen LogP contribution in [0.5, 0.6) is 11.5 Å². The summed E-state index contributed by atoms with van der Waals surface area (Å²) >= 11 is 5.86. The van der Waals surface area contributed by atoms with Crippen LogP contribution in [0, 0.1) is 0 Å². The molecule has 0 unspecified atom stereocenters. The lowest BCUT2D eigenvalue weighted by atomic mass is 10.1. The number of rotatable bonds is 5. The molecule has 1 aliphatic heterocycles. The van der Waals surface area contributed by atoms with Crippen molar-refractivity contribution < 1.29 is 19.1 Å². The molecule has 0 bridgehead atoms. The molecule has 3 rings (SSSR count). The average molecular weight is 373 g/mol. The summed E-state index contributed by atoms with van der Waals surface area (Å²) in [6.07, 6.45) is 1.57. The van der Waals surface area contributed by atoms with Crippen molar-refractivity contribution in [3.63, 3.8) is 0 Å². The number of halogens is 1. The van der Waals surface area contributed by atoms with Gasteiger partial charge in [-0.3, -0.25) is 9.69 Å². The van der Waals surface area contributed by atoms with Gasteiger partial charge in [0.1, 0.15) is 17.2 Å². The maximum atomic E-state index is 12.6. The van der Waals surface area contributed by atoms with E-state index in [0.717, 1.165) is 10.5 Å². The van der Waals surface area contributed by atoms with Gasteiger partial charge in [-0.05, 0) is 42.0 Å². The highest BCUT2D eigenvalue weighted by atomic mass is 35.5. The number of carbonyl (C=O) groups excluding carboxylic acids is 2. The fraction of sp³-hybridized carbons (Fsp3) is 0.158. The number of hydrogen-bond donors (Lipinski definition) is 1. The number of nitrogens with zero attached hydrogens (tertiary/aromatic N) is 1. The van der Waals surface area contributed by atoms with Gasteiger partial charge in [0, 0.05) is 10.6 Å². The molecule has 0 atom stereocenters. The quantitative estimate of drug-likeness (QED) is 0.644. The zero-order chi connectivity index (χ0) is 18.7. The van der Waals surface area contributed by atoms with Crippen LogP contribution in [0.4, 0.5) is 4.79 Å². The van der Waals surface area contributed by atoms with E-state index in [9.17, 15) is 9.59 Å². The second-order valence-electron chi connectivity index (χ2n) is 5.61. The van der Waals surface area contributed by atoms with Crippen LogP contribution in [0.15, 0.2) is 48.2 Å². The lowest BCUT2D eigenvalue weighted by Gasteiger charge is -2.11. The van der Waals surface area contributed by atoms with Gasteiger partial charge < -0.3 is 14.8 Å². The van der Waals surface area contributed by atoms with Gasteiger partial charge in [0.15, 0.2) is 0 Å². The Morgan fingerprint density at radius 3 is 2.46 bits per heavy atom. The normalized spacial score (nSPS) is 15.3. The summed E-state index contributed by atoms with van der Waals surface area (Å²) in [7, 11) is 3.08. The summed E-state index contributed by atoms with van der Waals surface area (Å²) in [4.78, 5) is 26.0. The molecule has 134 valence electrons. The fourth-order valence-corrected chi connectivity index (χ4v) is 2.72. The average Bonchev–Trinajstić information content (AvgIpc) is 2.90. The molecule has 1 aliphatic rings.